The molecule has 144 valence electrons. The van der Waals surface area contributed by atoms with E-state index in [1.54, 1.807) is 12.3 Å². The van der Waals surface area contributed by atoms with Crippen LogP contribution in [0.25, 0.3) is 22.4 Å². The first-order valence-corrected chi connectivity index (χ1v) is 9.54. The number of benzene rings is 1. The molecule has 3 aromatic heterocycles. The third-order valence-electron chi connectivity index (χ3n) is 4.72. The van der Waals surface area contributed by atoms with Gasteiger partial charge in [0.25, 0.3) is 5.56 Å². The van der Waals surface area contributed by atoms with Gasteiger partial charge in [-0.05, 0) is 30.7 Å². The van der Waals surface area contributed by atoms with Crippen LogP contribution in [0.1, 0.15) is 31.3 Å². The SMILES string of the molecule is CCCC[NH+](Cc1cc(-c2ccco2)on1)Cc1nc2ccccc2c(=O)[nH]1. The summed E-state index contributed by atoms with van der Waals surface area (Å²) in [5, 5.41) is 4.79. The molecule has 0 saturated heterocycles. The second-order valence-electron chi connectivity index (χ2n) is 6.90. The lowest BCUT2D eigenvalue weighted by Gasteiger charge is -2.17. The van der Waals surface area contributed by atoms with E-state index >= 15 is 0 Å². The first kappa shape index (κ1) is 18.2. The van der Waals surface area contributed by atoms with Crippen molar-refractivity contribution >= 4 is 10.9 Å². The molecular weight excluding hydrogens is 356 g/mol. The van der Waals surface area contributed by atoms with Gasteiger partial charge < -0.3 is 18.8 Å². The van der Waals surface area contributed by atoms with Gasteiger partial charge in [0, 0.05) is 6.07 Å². The molecule has 0 aliphatic carbocycles. The van der Waals surface area contributed by atoms with Gasteiger partial charge in [-0.2, -0.15) is 0 Å². The maximum absolute atomic E-state index is 12.3. The van der Waals surface area contributed by atoms with Crippen molar-refractivity contribution in [3.63, 3.8) is 0 Å². The molecule has 0 amide bonds. The minimum Gasteiger partial charge on any atom is -0.461 e. The lowest BCUT2D eigenvalue weighted by atomic mass is 10.2. The molecule has 0 aliphatic rings. The van der Waals surface area contributed by atoms with Crippen LogP contribution in [0.5, 0.6) is 0 Å². The second kappa shape index (κ2) is 8.22. The zero-order chi connectivity index (χ0) is 19.3. The van der Waals surface area contributed by atoms with E-state index in [1.807, 2.05) is 36.4 Å². The molecule has 4 aromatic rings. The molecule has 1 unspecified atom stereocenters. The van der Waals surface area contributed by atoms with Crippen molar-refractivity contribution in [3.05, 3.63) is 70.6 Å². The zero-order valence-electron chi connectivity index (χ0n) is 15.8. The van der Waals surface area contributed by atoms with Crippen molar-refractivity contribution in [1.82, 2.24) is 15.1 Å². The Morgan fingerprint density at radius 1 is 1.11 bits per heavy atom. The molecule has 1 aromatic carbocycles. The normalized spacial score (nSPS) is 12.5. The van der Waals surface area contributed by atoms with Crippen molar-refractivity contribution in [2.24, 2.45) is 0 Å². The molecule has 3 heterocycles. The summed E-state index contributed by atoms with van der Waals surface area (Å²) < 4.78 is 10.8. The van der Waals surface area contributed by atoms with Gasteiger partial charge >= 0.3 is 0 Å². The molecule has 0 radical (unpaired) electrons. The number of nitrogens with zero attached hydrogens (tertiary/aromatic N) is 2. The van der Waals surface area contributed by atoms with Gasteiger partial charge in [-0.15, -0.1) is 0 Å². The minimum absolute atomic E-state index is 0.100. The number of hydrogen-bond donors (Lipinski definition) is 2. The van der Waals surface area contributed by atoms with E-state index in [1.165, 1.54) is 4.90 Å². The fraction of sp³-hybridized carbons (Fsp3) is 0.286. The number of quaternary nitrogens is 1. The summed E-state index contributed by atoms with van der Waals surface area (Å²) >= 11 is 0. The first-order chi connectivity index (χ1) is 13.7. The molecule has 28 heavy (non-hydrogen) atoms. The number of aromatic nitrogens is 3. The topological polar surface area (TPSA) is 89.4 Å². The number of unbranched alkanes of at least 4 members (excludes halogenated alkanes) is 1. The Labute approximate surface area is 162 Å². The van der Waals surface area contributed by atoms with Gasteiger partial charge in [0.2, 0.25) is 5.76 Å². The second-order valence-corrected chi connectivity index (χ2v) is 6.90. The van der Waals surface area contributed by atoms with Crippen LogP contribution >= 0.6 is 0 Å². The molecule has 0 bridgehead atoms. The Bertz CT molecular complexity index is 1100. The van der Waals surface area contributed by atoms with Crippen molar-refractivity contribution < 1.29 is 13.8 Å². The van der Waals surface area contributed by atoms with E-state index in [0.717, 1.165) is 30.6 Å². The summed E-state index contributed by atoms with van der Waals surface area (Å²) in [7, 11) is 0. The van der Waals surface area contributed by atoms with Gasteiger partial charge in [0.1, 0.15) is 18.8 Å². The molecule has 0 spiro atoms. The quantitative estimate of drug-likeness (QED) is 0.491. The number of fused-ring (bicyclic) bond motifs is 1. The number of para-hydroxylation sites is 1. The predicted molar refractivity (Wildman–Crippen MR) is 105 cm³/mol. The van der Waals surface area contributed by atoms with Crippen LogP contribution in [0.3, 0.4) is 0 Å². The van der Waals surface area contributed by atoms with Gasteiger partial charge in [-0.1, -0.05) is 30.6 Å². The Kier molecular flexibility index (Phi) is 5.34. The Morgan fingerprint density at radius 2 is 2.00 bits per heavy atom. The van der Waals surface area contributed by atoms with Crippen LogP contribution < -0.4 is 10.5 Å². The highest BCUT2D eigenvalue weighted by Gasteiger charge is 2.17. The number of rotatable bonds is 8. The molecule has 2 N–H and O–H groups in total. The van der Waals surface area contributed by atoms with Crippen LogP contribution in [0.4, 0.5) is 0 Å². The number of furan rings is 1. The summed E-state index contributed by atoms with van der Waals surface area (Å²) in [6.07, 6.45) is 3.79. The van der Waals surface area contributed by atoms with E-state index in [9.17, 15) is 4.79 Å². The lowest BCUT2D eigenvalue weighted by Crippen LogP contribution is -3.09. The third-order valence-corrected chi connectivity index (χ3v) is 4.72. The smallest absolute Gasteiger partial charge is 0.258 e. The molecular formula is C21H23N4O3+. The van der Waals surface area contributed by atoms with E-state index in [0.29, 0.717) is 35.8 Å². The maximum Gasteiger partial charge on any atom is 0.258 e. The number of H-pyrrole nitrogens is 1. The average Bonchev–Trinajstić information content (AvgIpc) is 3.38. The lowest BCUT2D eigenvalue weighted by molar-refractivity contribution is -0.928. The Morgan fingerprint density at radius 3 is 2.82 bits per heavy atom. The number of nitrogens with one attached hydrogen (secondary N) is 2. The van der Waals surface area contributed by atoms with Crippen LogP contribution in [0.15, 0.2) is 62.5 Å². The van der Waals surface area contributed by atoms with E-state index in [-0.39, 0.29) is 5.56 Å². The highest BCUT2D eigenvalue weighted by molar-refractivity contribution is 5.77. The monoisotopic (exact) mass is 379 g/mol. The fourth-order valence-electron chi connectivity index (χ4n) is 3.31. The van der Waals surface area contributed by atoms with E-state index < -0.39 is 0 Å². The van der Waals surface area contributed by atoms with Gasteiger partial charge in [0.15, 0.2) is 11.6 Å². The van der Waals surface area contributed by atoms with Crippen molar-refractivity contribution in [2.45, 2.75) is 32.9 Å². The molecule has 0 fully saturated rings. The minimum atomic E-state index is -0.100. The zero-order valence-corrected chi connectivity index (χ0v) is 15.8. The van der Waals surface area contributed by atoms with Crippen LogP contribution in [0, 0.1) is 0 Å². The maximum atomic E-state index is 12.3. The van der Waals surface area contributed by atoms with Gasteiger partial charge in [-0.3, -0.25) is 4.79 Å². The molecule has 0 saturated carbocycles. The molecule has 4 rings (SSSR count). The highest BCUT2D eigenvalue weighted by atomic mass is 16.5. The van der Waals surface area contributed by atoms with Crippen LogP contribution in [-0.2, 0) is 13.1 Å². The first-order valence-electron chi connectivity index (χ1n) is 9.54. The largest absolute Gasteiger partial charge is 0.461 e. The molecule has 7 nitrogen and oxygen atoms in total. The van der Waals surface area contributed by atoms with Crippen molar-refractivity contribution in [1.29, 1.82) is 0 Å². The summed E-state index contributed by atoms with van der Waals surface area (Å²) in [5.74, 6) is 1.96. The van der Waals surface area contributed by atoms with Crippen LogP contribution in [0.2, 0.25) is 0 Å². The van der Waals surface area contributed by atoms with Gasteiger partial charge in [-0.25, -0.2) is 4.98 Å². The highest BCUT2D eigenvalue weighted by Crippen LogP contribution is 2.20. The predicted octanol–water partition coefficient (Wildman–Crippen LogP) is 2.56. The van der Waals surface area contributed by atoms with Crippen molar-refractivity contribution in [3.8, 4) is 11.5 Å². The molecule has 1 atom stereocenters. The Balaban J connectivity index is 1.54. The summed E-state index contributed by atoms with van der Waals surface area (Å²) in [5.41, 5.74) is 1.47. The van der Waals surface area contributed by atoms with Crippen molar-refractivity contribution in [2.75, 3.05) is 6.54 Å². The fourth-order valence-corrected chi connectivity index (χ4v) is 3.31. The van der Waals surface area contributed by atoms with Crippen LogP contribution in [-0.4, -0.2) is 21.7 Å². The van der Waals surface area contributed by atoms with E-state index in [2.05, 4.69) is 22.0 Å². The summed E-state index contributed by atoms with van der Waals surface area (Å²) in [4.78, 5) is 21.2. The average molecular weight is 379 g/mol. The molecule has 0 aliphatic heterocycles. The third kappa shape index (κ3) is 4.04. The number of hydrogen-bond acceptors (Lipinski definition) is 5. The number of aromatic amines is 1. The Hall–Kier alpha value is -3.19. The summed E-state index contributed by atoms with van der Waals surface area (Å²) in [6, 6.07) is 13.0. The standard InChI is InChI=1S/C21H22N4O3/c1-2-3-10-25(13-15-12-19(28-24-15)18-9-6-11-27-18)14-20-22-17-8-5-4-7-16(17)21(26)23-20/h4-9,11-12H,2-3,10,13-14H2,1H3,(H,22,23,26)/p+1. The van der Waals surface area contributed by atoms with E-state index in [4.69, 9.17) is 8.94 Å². The van der Waals surface area contributed by atoms with Gasteiger partial charge in [0.05, 0.1) is 23.7 Å². The molecule has 7 heteroatoms. The summed E-state index contributed by atoms with van der Waals surface area (Å²) in [6.45, 7) is 4.42.